The molecule has 0 aliphatic carbocycles. The smallest absolute Gasteiger partial charge is 0.0114 e. The lowest BCUT2D eigenvalue weighted by Gasteiger charge is -2.20. The van der Waals surface area contributed by atoms with Crippen LogP contribution in [0.25, 0.3) is 10.8 Å². The van der Waals surface area contributed by atoms with Crippen molar-refractivity contribution >= 4 is 10.8 Å². The summed E-state index contributed by atoms with van der Waals surface area (Å²) in [6, 6.07) is 7.39. The summed E-state index contributed by atoms with van der Waals surface area (Å²) in [5.74, 6) is 0. The Morgan fingerprint density at radius 2 is 1.30 bits per heavy atom. The van der Waals surface area contributed by atoms with Gasteiger partial charge >= 0.3 is 0 Å². The second kappa shape index (κ2) is 13.0. The molecule has 0 heteroatoms. The maximum Gasteiger partial charge on any atom is -0.0114 e. The van der Waals surface area contributed by atoms with Crippen LogP contribution >= 0.6 is 0 Å². The van der Waals surface area contributed by atoms with Crippen LogP contribution in [0, 0.1) is 6.92 Å². The Labute approximate surface area is 169 Å². The van der Waals surface area contributed by atoms with Crippen LogP contribution in [0.1, 0.15) is 108 Å². The van der Waals surface area contributed by atoms with Crippen molar-refractivity contribution in [1.82, 2.24) is 0 Å². The molecule has 0 saturated carbocycles. The molecule has 0 saturated heterocycles. The molecule has 152 valence electrons. The highest BCUT2D eigenvalue weighted by atomic mass is 14.2. The molecule has 2 rings (SSSR count). The highest BCUT2D eigenvalue weighted by Crippen LogP contribution is 2.34. The maximum absolute atomic E-state index is 2.50. The van der Waals surface area contributed by atoms with Crippen molar-refractivity contribution in [3.05, 3.63) is 46.0 Å². The van der Waals surface area contributed by atoms with Gasteiger partial charge in [0.2, 0.25) is 0 Å². The Morgan fingerprint density at radius 1 is 0.667 bits per heavy atom. The minimum atomic E-state index is 1.16. The Morgan fingerprint density at radius 3 is 1.89 bits per heavy atom. The summed E-state index contributed by atoms with van der Waals surface area (Å²) in [6.07, 6.45) is 12.6. The highest BCUT2D eigenvalue weighted by molar-refractivity contribution is 5.93. The van der Waals surface area contributed by atoms with Crippen LogP contribution in [0.3, 0.4) is 0 Å². The van der Waals surface area contributed by atoms with Crippen molar-refractivity contribution in [2.24, 2.45) is 0 Å². The summed E-state index contributed by atoms with van der Waals surface area (Å²) in [5, 5.41) is 3.18. The maximum atomic E-state index is 2.50. The Hall–Kier alpha value is -1.30. The number of unbranched alkanes of at least 4 members (excludes halogenated alkanes) is 3. The largest absolute Gasteiger partial charge is 0.0683 e. The third-order valence-corrected chi connectivity index (χ3v) is 5.63. The standard InChI is InChI=1S/C25H38.C2H6/c1-6-10-12-15-21-17-16-20(14-11-7-2)24-18-19(5)22(9-4)23(13-8-3)25(21)24;1-2/h16-18H,6-15H2,1-5H3;1-2H3. The predicted molar refractivity (Wildman–Crippen MR) is 125 cm³/mol. The highest BCUT2D eigenvalue weighted by Gasteiger charge is 2.15. The number of benzene rings is 2. The minimum absolute atomic E-state index is 1.16. The molecule has 0 aliphatic rings. The summed E-state index contributed by atoms with van der Waals surface area (Å²) in [7, 11) is 0. The molecular weight excluding hydrogens is 324 g/mol. The van der Waals surface area contributed by atoms with Gasteiger partial charge in [-0.2, -0.15) is 0 Å². The summed E-state index contributed by atoms with van der Waals surface area (Å²) >= 11 is 0. The second-order valence-corrected chi connectivity index (χ2v) is 7.62. The first-order valence-electron chi connectivity index (χ1n) is 11.7. The number of rotatable bonds is 10. The van der Waals surface area contributed by atoms with E-state index in [4.69, 9.17) is 0 Å². The first kappa shape index (κ1) is 23.7. The fourth-order valence-electron chi connectivity index (χ4n) is 4.30. The van der Waals surface area contributed by atoms with E-state index in [1.54, 1.807) is 33.0 Å². The second-order valence-electron chi connectivity index (χ2n) is 7.62. The van der Waals surface area contributed by atoms with Crippen molar-refractivity contribution in [3.63, 3.8) is 0 Å². The molecule has 0 atom stereocenters. The van der Waals surface area contributed by atoms with Gasteiger partial charge in [-0.25, -0.2) is 0 Å². The van der Waals surface area contributed by atoms with Gasteiger partial charge in [-0.3, -0.25) is 0 Å². The van der Waals surface area contributed by atoms with E-state index in [9.17, 15) is 0 Å². The minimum Gasteiger partial charge on any atom is -0.0683 e. The van der Waals surface area contributed by atoms with E-state index >= 15 is 0 Å². The normalized spacial score (nSPS) is 10.8. The lowest BCUT2D eigenvalue weighted by atomic mass is 9.84. The number of hydrogen-bond acceptors (Lipinski definition) is 0. The van der Waals surface area contributed by atoms with Gasteiger partial charge in [-0.1, -0.05) is 85.4 Å². The molecule has 0 spiro atoms. The van der Waals surface area contributed by atoms with Crippen molar-refractivity contribution in [1.29, 1.82) is 0 Å². The van der Waals surface area contributed by atoms with Crippen molar-refractivity contribution in [3.8, 4) is 0 Å². The fraction of sp³-hybridized carbons (Fsp3) is 0.630. The molecule has 2 aromatic carbocycles. The zero-order valence-electron chi connectivity index (χ0n) is 19.3. The molecule has 0 bridgehead atoms. The summed E-state index contributed by atoms with van der Waals surface area (Å²) in [6.45, 7) is 15.6. The third kappa shape index (κ3) is 6.09. The Kier molecular flexibility index (Phi) is 11.4. The molecule has 0 aliphatic heterocycles. The summed E-state index contributed by atoms with van der Waals surface area (Å²) < 4.78 is 0. The monoisotopic (exact) mass is 368 g/mol. The molecule has 0 unspecified atom stereocenters. The first-order valence-corrected chi connectivity index (χ1v) is 11.7. The Balaban J connectivity index is 0.00000176. The van der Waals surface area contributed by atoms with Gasteiger partial charge < -0.3 is 0 Å². The van der Waals surface area contributed by atoms with E-state index in [0.717, 1.165) is 6.42 Å². The van der Waals surface area contributed by atoms with E-state index in [1.807, 2.05) is 13.8 Å². The van der Waals surface area contributed by atoms with Crippen molar-refractivity contribution in [2.75, 3.05) is 0 Å². The van der Waals surface area contributed by atoms with Crippen molar-refractivity contribution < 1.29 is 0 Å². The van der Waals surface area contributed by atoms with Gasteiger partial charge in [0, 0.05) is 0 Å². The molecule has 0 nitrogen and oxygen atoms in total. The lowest BCUT2D eigenvalue weighted by molar-refractivity contribution is 0.719. The SMILES string of the molecule is CC.CCCCCc1ccc(CCCC)c2cc(C)c(CC)c(CCC)c12. The van der Waals surface area contributed by atoms with Crippen LogP contribution in [0.5, 0.6) is 0 Å². The van der Waals surface area contributed by atoms with Gasteiger partial charge in [0.25, 0.3) is 0 Å². The van der Waals surface area contributed by atoms with Crippen LogP contribution in [0.2, 0.25) is 0 Å². The van der Waals surface area contributed by atoms with Crippen LogP contribution in [0.4, 0.5) is 0 Å². The molecular formula is C27H44. The average Bonchev–Trinajstić information content (AvgIpc) is 2.69. The van der Waals surface area contributed by atoms with Gasteiger partial charge in [0.05, 0.1) is 0 Å². The van der Waals surface area contributed by atoms with E-state index in [2.05, 4.69) is 52.8 Å². The van der Waals surface area contributed by atoms with Gasteiger partial charge in [-0.05, 0) is 84.0 Å². The number of fused-ring (bicyclic) bond motifs is 1. The zero-order valence-corrected chi connectivity index (χ0v) is 19.3. The summed E-state index contributed by atoms with van der Waals surface area (Å²) in [4.78, 5) is 0. The molecule has 0 heterocycles. The number of aryl methyl sites for hydroxylation is 4. The summed E-state index contributed by atoms with van der Waals surface area (Å²) in [5.41, 5.74) is 7.94. The predicted octanol–water partition coefficient (Wildman–Crippen LogP) is 8.76. The third-order valence-electron chi connectivity index (χ3n) is 5.63. The van der Waals surface area contributed by atoms with Gasteiger partial charge in [-0.15, -0.1) is 0 Å². The van der Waals surface area contributed by atoms with Crippen LogP contribution in [-0.2, 0) is 25.7 Å². The van der Waals surface area contributed by atoms with E-state index in [0.29, 0.717) is 0 Å². The zero-order chi connectivity index (χ0) is 20.2. The molecule has 0 radical (unpaired) electrons. The molecule has 2 aromatic rings. The lowest BCUT2D eigenvalue weighted by Crippen LogP contribution is -2.03. The van der Waals surface area contributed by atoms with Crippen LogP contribution in [0.15, 0.2) is 18.2 Å². The fourth-order valence-corrected chi connectivity index (χ4v) is 4.30. The average molecular weight is 369 g/mol. The quantitative estimate of drug-likeness (QED) is 0.368. The molecule has 0 N–H and O–H groups in total. The van der Waals surface area contributed by atoms with Gasteiger partial charge in [0.15, 0.2) is 0 Å². The molecule has 0 amide bonds. The molecule has 27 heavy (non-hydrogen) atoms. The van der Waals surface area contributed by atoms with E-state index < -0.39 is 0 Å². The molecule has 0 fully saturated rings. The van der Waals surface area contributed by atoms with Crippen molar-refractivity contribution in [2.45, 2.75) is 113 Å². The first-order chi connectivity index (χ1) is 13.2. The van der Waals surface area contributed by atoms with Gasteiger partial charge in [0.1, 0.15) is 0 Å². The van der Waals surface area contributed by atoms with Crippen LogP contribution in [-0.4, -0.2) is 0 Å². The van der Waals surface area contributed by atoms with E-state index in [-0.39, 0.29) is 0 Å². The molecule has 0 aromatic heterocycles. The Bertz CT molecular complexity index is 678. The van der Waals surface area contributed by atoms with E-state index in [1.165, 1.54) is 63.4 Å². The topological polar surface area (TPSA) is 0 Å². The number of hydrogen-bond donors (Lipinski definition) is 0. The van der Waals surface area contributed by atoms with Crippen LogP contribution < -0.4 is 0 Å².